The van der Waals surface area contributed by atoms with Crippen LogP contribution in [0.1, 0.15) is 28.4 Å². The van der Waals surface area contributed by atoms with Gasteiger partial charge in [0.15, 0.2) is 5.78 Å². The van der Waals surface area contributed by atoms with Gasteiger partial charge < -0.3 is 15.2 Å². The Labute approximate surface area is 133 Å². The van der Waals surface area contributed by atoms with Gasteiger partial charge >= 0.3 is 0 Å². The summed E-state index contributed by atoms with van der Waals surface area (Å²) >= 11 is 0. The maximum absolute atomic E-state index is 13.1. The molecule has 5 heteroatoms. The van der Waals surface area contributed by atoms with Crippen LogP contribution in [0.25, 0.3) is 0 Å². The first kappa shape index (κ1) is 15.2. The lowest BCUT2D eigenvalue weighted by atomic mass is 9.72. The van der Waals surface area contributed by atoms with Gasteiger partial charge in [0.25, 0.3) is 0 Å². The third kappa shape index (κ3) is 2.21. The van der Waals surface area contributed by atoms with Gasteiger partial charge in [0, 0.05) is 11.6 Å². The molecule has 5 nitrogen and oxygen atoms in total. The standard InChI is InChI=1S/C18H17NO4/c1-18(12-6-4-3-5-7-12)16(21)15-11(10-20)8-13(23-2)9-14(15)19-17(18)22/h3-9,20H,10H2,1-2H3,(H,19,22). The Hall–Kier alpha value is -2.66. The van der Waals surface area contributed by atoms with Crippen molar-refractivity contribution in [3.8, 4) is 5.75 Å². The quantitative estimate of drug-likeness (QED) is 0.853. The number of hydrogen-bond acceptors (Lipinski definition) is 4. The highest BCUT2D eigenvalue weighted by Crippen LogP contribution is 2.39. The number of fused-ring (bicyclic) bond motifs is 1. The van der Waals surface area contributed by atoms with Gasteiger partial charge in [-0.15, -0.1) is 0 Å². The second kappa shape index (κ2) is 5.52. The minimum absolute atomic E-state index is 0.313. The van der Waals surface area contributed by atoms with Crippen LogP contribution in [-0.4, -0.2) is 23.9 Å². The Balaban J connectivity index is 2.22. The van der Waals surface area contributed by atoms with Crippen molar-refractivity contribution < 1.29 is 19.4 Å². The lowest BCUT2D eigenvalue weighted by Crippen LogP contribution is -2.48. The number of Topliss-reactive ketones (excluding diaryl/α,β-unsaturated/α-hetero) is 1. The highest BCUT2D eigenvalue weighted by atomic mass is 16.5. The molecule has 2 aromatic rings. The van der Waals surface area contributed by atoms with Crippen LogP contribution in [0.3, 0.4) is 0 Å². The molecule has 0 aliphatic carbocycles. The zero-order valence-electron chi connectivity index (χ0n) is 12.9. The number of aliphatic hydroxyl groups is 1. The van der Waals surface area contributed by atoms with Crippen LogP contribution in [0.2, 0.25) is 0 Å². The predicted molar refractivity (Wildman–Crippen MR) is 85.7 cm³/mol. The van der Waals surface area contributed by atoms with E-state index in [1.54, 1.807) is 43.3 Å². The summed E-state index contributed by atoms with van der Waals surface area (Å²) in [4.78, 5) is 25.8. The Morgan fingerprint density at radius 3 is 2.48 bits per heavy atom. The average Bonchev–Trinajstić information content (AvgIpc) is 2.59. The first-order valence-corrected chi connectivity index (χ1v) is 7.26. The average molecular weight is 311 g/mol. The topological polar surface area (TPSA) is 75.6 Å². The molecule has 1 heterocycles. The first-order chi connectivity index (χ1) is 11.0. The van der Waals surface area contributed by atoms with Crippen LogP contribution < -0.4 is 10.1 Å². The molecular weight excluding hydrogens is 294 g/mol. The number of benzene rings is 2. The fourth-order valence-electron chi connectivity index (χ4n) is 2.92. The number of aliphatic hydroxyl groups excluding tert-OH is 1. The number of carbonyl (C=O) groups excluding carboxylic acids is 2. The highest BCUT2D eigenvalue weighted by Gasteiger charge is 2.48. The Kier molecular flexibility index (Phi) is 3.66. The van der Waals surface area contributed by atoms with Crippen LogP contribution in [0.4, 0.5) is 5.69 Å². The van der Waals surface area contributed by atoms with Gasteiger partial charge in [-0.1, -0.05) is 30.3 Å². The van der Waals surface area contributed by atoms with E-state index >= 15 is 0 Å². The number of carbonyl (C=O) groups is 2. The third-order valence-electron chi connectivity index (χ3n) is 4.33. The number of ketones is 1. The molecule has 1 aliphatic heterocycles. The fraction of sp³-hybridized carbons (Fsp3) is 0.222. The van der Waals surface area contributed by atoms with Gasteiger partial charge in [-0.05, 0) is 24.1 Å². The fourth-order valence-corrected chi connectivity index (χ4v) is 2.92. The number of anilines is 1. The molecule has 0 spiro atoms. The summed E-state index contributed by atoms with van der Waals surface area (Å²) in [5.74, 6) is -0.239. The summed E-state index contributed by atoms with van der Waals surface area (Å²) in [5.41, 5.74) is 0.433. The number of methoxy groups -OCH3 is 1. The van der Waals surface area contributed by atoms with Crippen LogP contribution >= 0.6 is 0 Å². The zero-order valence-corrected chi connectivity index (χ0v) is 12.9. The van der Waals surface area contributed by atoms with E-state index in [1.807, 2.05) is 6.07 Å². The molecule has 0 radical (unpaired) electrons. The van der Waals surface area contributed by atoms with Gasteiger partial charge in [0.2, 0.25) is 5.91 Å². The molecule has 2 aromatic carbocycles. The Bertz CT molecular complexity index is 785. The summed E-state index contributed by atoms with van der Waals surface area (Å²) in [6.07, 6.45) is 0. The molecule has 0 fully saturated rings. The van der Waals surface area contributed by atoms with E-state index in [0.29, 0.717) is 28.1 Å². The van der Waals surface area contributed by atoms with Gasteiger partial charge in [-0.25, -0.2) is 0 Å². The maximum Gasteiger partial charge on any atom is 0.242 e. The van der Waals surface area contributed by atoms with Crippen molar-refractivity contribution in [2.45, 2.75) is 18.9 Å². The van der Waals surface area contributed by atoms with Crippen molar-refractivity contribution in [2.75, 3.05) is 12.4 Å². The largest absolute Gasteiger partial charge is 0.497 e. The van der Waals surface area contributed by atoms with E-state index in [2.05, 4.69) is 5.32 Å². The summed E-state index contributed by atoms with van der Waals surface area (Å²) in [6, 6.07) is 12.1. The maximum atomic E-state index is 13.1. The molecule has 0 bridgehead atoms. The molecule has 1 aliphatic rings. The van der Waals surface area contributed by atoms with E-state index in [9.17, 15) is 14.7 Å². The van der Waals surface area contributed by atoms with Gasteiger partial charge in [-0.2, -0.15) is 0 Å². The first-order valence-electron chi connectivity index (χ1n) is 7.26. The molecular formula is C18H17NO4. The van der Waals surface area contributed by atoms with E-state index in [-0.39, 0.29) is 12.4 Å². The molecule has 0 saturated carbocycles. The van der Waals surface area contributed by atoms with E-state index in [0.717, 1.165) is 0 Å². The van der Waals surface area contributed by atoms with Crippen molar-refractivity contribution in [3.05, 3.63) is 59.2 Å². The van der Waals surface area contributed by atoms with Crippen molar-refractivity contribution in [1.82, 2.24) is 0 Å². The second-order valence-electron chi connectivity index (χ2n) is 5.64. The van der Waals surface area contributed by atoms with Gasteiger partial charge in [-0.3, -0.25) is 9.59 Å². The minimum atomic E-state index is -1.33. The Morgan fingerprint density at radius 1 is 1.17 bits per heavy atom. The van der Waals surface area contributed by atoms with Gasteiger partial charge in [0.1, 0.15) is 11.2 Å². The monoisotopic (exact) mass is 311 g/mol. The SMILES string of the molecule is COc1cc(CO)c2c(c1)NC(=O)C(C)(c1ccccc1)C2=O. The van der Waals surface area contributed by atoms with E-state index in [4.69, 9.17) is 4.74 Å². The third-order valence-corrected chi connectivity index (χ3v) is 4.33. The lowest BCUT2D eigenvalue weighted by Gasteiger charge is -2.34. The normalized spacial score (nSPS) is 20.0. The number of nitrogens with one attached hydrogen (secondary N) is 1. The van der Waals surface area contributed by atoms with Crippen LogP contribution in [0, 0.1) is 0 Å². The Morgan fingerprint density at radius 2 is 1.87 bits per heavy atom. The molecule has 0 saturated heterocycles. The summed E-state index contributed by atoms with van der Waals surface area (Å²) in [6.45, 7) is 1.29. The lowest BCUT2D eigenvalue weighted by molar-refractivity contribution is -0.119. The van der Waals surface area contributed by atoms with Crippen LogP contribution in [0.5, 0.6) is 5.75 Å². The molecule has 0 aromatic heterocycles. The highest BCUT2D eigenvalue weighted by molar-refractivity contribution is 6.28. The number of amides is 1. The van der Waals surface area contributed by atoms with Crippen molar-refractivity contribution >= 4 is 17.4 Å². The summed E-state index contributed by atoms with van der Waals surface area (Å²) in [7, 11) is 1.49. The molecule has 2 N–H and O–H groups in total. The summed E-state index contributed by atoms with van der Waals surface area (Å²) < 4.78 is 5.16. The van der Waals surface area contributed by atoms with E-state index in [1.165, 1.54) is 7.11 Å². The van der Waals surface area contributed by atoms with Gasteiger partial charge in [0.05, 0.1) is 19.4 Å². The van der Waals surface area contributed by atoms with Crippen LogP contribution in [0.15, 0.2) is 42.5 Å². The smallest absolute Gasteiger partial charge is 0.242 e. The molecule has 1 unspecified atom stereocenters. The number of hydrogen-bond donors (Lipinski definition) is 2. The number of ether oxygens (including phenoxy) is 1. The molecule has 1 atom stereocenters. The molecule has 1 amide bonds. The molecule has 118 valence electrons. The minimum Gasteiger partial charge on any atom is -0.497 e. The van der Waals surface area contributed by atoms with E-state index < -0.39 is 11.3 Å². The van der Waals surface area contributed by atoms with Crippen LogP contribution in [-0.2, 0) is 16.8 Å². The summed E-state index contributed by atoms with van der Waals surface area (Å²) in [5, 5.41) is 12.4. The molecule has 3 rings (SSSR count). The zero-order chi connectivity index (χ0) is 16.6. The van der Waals surface area contributed by atoms with Crippen molar-refractivity contribution in [2.24, 2.45) is 0 Å². The second-order valence-corrected chi connectivity index (χ2v) is 5.64. The van der Waals surface area contributed by atoms with Crippen molar-refractivity contribution in [3.63, 3.8) is 0 Å². The van der Waals surface area contributed by atoms with Crippen molar-refractivity contribution in [1.29, 1.82) is 0 Å². The number of rotatable bonds is 3. The predicted octanol–water partition coefficient (Wildman–Crippen LogP) is 2.28. The molecule has 23 heavy (non-hydrogen) atoms.